The summed E-state index contributed by atoms with van der Waals surface area (Å²) in [4.78, 5) is 10.9. The van der Waals surface area contributed by atoms with Crippen molar-refractivity contribution in [1.82, 2.24) is 20.0 Å². The second kappa shape index (κ2) is 6.02. The molecular formula is C15H20N4O3. The van der Waals surface area contributed by atoms with E-state index in [9.17, 15) is 5.11 Å². The summed E-state index contributed by atoms with van der Waals surface area (Å²) in [6.45, 7) is 4.95. The van der Waals surface area contributed by atoms with Crippen molar-refractivity contribution in [2.45, 2.75) is 39.0 Å². The second-order valence-electron chi connectivity index (χ2n) is 5.64. The summed E-state index contributed by atoms with van der Waals surface area (Å²) in [6, 6.07) is 3.44. The van der Waals surface area contributed by atoms with Crippen molar-refractivity contribution < 1.29 is 14.4 Å². The van der Waals surface area contributed by atoms with Crippen LogP contribution in [-0.2, 0) is 11.3 Å². The monoisotopic (exact) mass is 304 g/mol. The predicted octanol–water partition coefficient (Wildman–Crippen LogP) is 1.75. The Morgan fingerprint density at radius 1 is 1.36 bits per heavy atom. The number of likely N-dealkylation sites (tertiary alicyclic amines) is 1. The quantitative estimate of drug-likeness (QED) is 0.921. The zero-order valence-corrected chi connectivity index (χ0v) is 13.0. The van der Waals surface area contributed by atoms with Crippen LogP contribution in [-0.4, -0.2) is 44.9 Å². The number of aromatic hydroxyl groups is 1. The van der Waals surface area contributed by atoms with Gasteiger partial charge in [-0.3, -0.25) is 9.88 Å². The minimum Gasteiger partial charge on any atom is -0.506 e. The highest BCUT2D eigenvalue weighted by molar-refractivity contribution is 5.27. The lowest BCUT2D eigenvalue weighted by atomic mass is 10.2. The van der Waals surface area contributed by atoms with E-state index in [0.29, 0.717) is 24.0 Å². The second-order valence-corrected chi connectivity index (χ2v) is 5.64. The van der Waals surface area contributed by atoms with Crippen LogP contribution < -0.4 is 0 Å². The van der Waals surface area contributed by atoms with Gasteiger partial charge in [0.15, 0.2) is 5.82 Å². The Bertz CT molecular complexity index is 658. The van der Waals surface area contributed by atoms with Crippen LogP contribution in [0.25, 0.3) is 0 Å². The summed E-state index contributed by atoms with van der Waals surface area (Å²) in [5, 5.41) is 13.9. The molecule has 0 saturated carbocycles. The fraction of sp³-hybridized carbons (Fsp3) is 0.533. The van der Waals surface area contributed by atoms with Gasteiger partial charge < -0.3 is 14.4 Å². The van der Waals surface area contributed by atoms with Gasteiger partial charge in [0.05, 0.1) is 17.8 Å². The summed E-state index contributed by atoms with van der Waals surface area (Å²) in [5.74, 6) is 1.41. The van der Waals surface area contributed by atoms with Crippen LogP contribution in [0.15, 0.2) is 16.7 Å². The fourth-order valence-corrected chi connectivity index (χ4v) is 2.82. The van der Waals surface area contributed by atoms with E-state index in [-0.39, 0.29) is 17.9 Å². The van der Waals surface area contributed by atoms with Crippen molar-refractivity contribution in [3.8, 4) is 5.75 Å². The lowest BCUT2D eigenvalue weighted by molar-refractivity contribution is 0.107. The van der Waals surface area contributed by atoms with E-state index in [1.54, 1.807) is 26.2 Å². The molecule has 1 aliphatic heterocycles. The van der Waals surface area contributed by atoms with E-state index < -0.39 is 0 Å². The van der Waals surface area contributed by atoms with Gasteiger partial charge in [-0.2, -0.15) is 4.98 Å². The molecule has 7 heteroatoms. The molecule has 0 unspecified atom stereocenters. The number of ether oxygens (including phenoxy) is 1. The van der Waals surface area contributed by atoms with Crippen LogP contribution in [0.2, 0.25) is 0 Å². The standard InChI is InChI=1S/C15H20N4O3/c1-9-4-5-14(20)12(16-9)8-19-7-11(21-3)6-13(19)15-17-10(2)18-22-15/h4-5,11,13,20H,6-8H2,1-3H3/t11-,13-/m1/s1. The van der Waals surface area contributed by atoms with Crippen LogP contribution in [0.5, 0.6) is 5.75 Å². The van der Waals surface area contributed by atoms with Gasteiger partial charge in [0.25, 0.3) is 0 Å². The maximum absolute atomic E-state index is 10.0. The number of rotatable bonds is 4. The third-order valence-electron chi connectivity index (χ3n) is 3.97. The molecule has 2 aromatic heterocycles. The average molecular weight is 304 g/mol. The van der Waals surface area contributed by atoms with Gasteiger partial charge >= 0.3 is 0 Å². The third-order valence-corrected chi connectivity index (χ3v) is 3.97. The molecule has 3 rings (SSSR count). The van der Waals surface area contributed by atoms with E-state index >= 15 is 0 Å². The molecule has 7 nitrogen and oxygen atoms in total. The Morgan fingerprint density at radius 3 is 2.86 bits per heavy atom. The number of hydrogen-bond acceptors (Lipinski definition) is 7. The van der Waals surface area contributed by atoms with Gasteiger partial charge in [0.1, 0.15) is 5.75 Å². The highest BCUT2D eigenvalue weighted by atomic mass is 16.5. The molecule has 1 fully saturated rings. The lowest BCUT2D eigenvalue weighted by Crippen LogP contribution is -2.25. The molecule has 2 aromatic rings. The highest BCUT2D eigenvalue weighted by Crippen LogP contribution is 2.34. The molecule has 0 bridgehead atoms. The van der Waals surface area contributed by atoms with Crippen molar-refractivity contribution >= 4 is 0 Å². The van der Waals surface area contributed by atoms with Gasteiger partial charge in [-0.05, 0) is 32.4 Å². The lowest BCUT2D eigenvalue weighted by Gasteiger charge is -2.21. The van der Waals surface area contributed by atoms with Crippen LogP contribution in [0, 0.1) is 13.8 Å². The normalized spacial score (nSPS) is 22.3. The van der Waals surface area contributed by atoms with Crippen LogP contribution in [0.1, 0.15) is 35.6 Å². The Morgan fingerprint density at radius 2 is 2.18 bits per heavy atom. The van der Waals surface area contributed by atoms with Gasteiger partial charge in [0.2, 0.25) is 5.89 Å². The zero-order valence-electron chi connectivity index (χ0n) is 13.0. The summed E-state index contributed by atoms with van der Waals surface area (Å²) < 4.78 is 10.8. The Balaban J connectivity index is 1.84. The first-order valence-electron chi connectivity index (χ1n) is 7.29. The highest BCUT2D eigenvalue weighted by Gasteiger charge is 2.37. The first kappa shape index (κ1) is 14.9. The molecule has 0 amide bonds. The smallest absolute Gasteiger partial charge is 0.244 e. The number of methoxy groups -OCH3 is 1. The van der Waals surface area contributed by atoms with Gasteiger partial charge in [-0.25, -0.2) is 0 Å². The van der Waals surface area contributed by atoms with Gasteiger partial charge in [-0.15, -0.1) is 0 Å². The molecule has 0 aliphatic carbocycles. The van der Waals surface area contributed by atoms with E-state index in [0.717, 1.165) is 18.7 Å². The third kappa shape index (κ3) is 2.95. The molecule has 118 valence electrons. The first-order valence-corrected chi connectivity index (χ1v) is 7.29. The minimum absolute atomic E-state index is 0.0205. The summed E-state index contributed by atoms with van der Waals surface area (Å²) in [7, 11) is 1.70. The van der Waals surface area contributed by atoms with Crippen LogP contribution in [0.3, 0.4) is 0 Å². The van der Waals surface area contributed by atoms with Crippen molar-refractivity contribution in [2.75, 3.05) is 13.7 Å². The van der Waals surface area contributed by atoms with Gasteiger partial charge in [-0.1, -0.05) is 5.16 Å². The molecule has 22 heavy (non-hydrogen) atoms. The molecule has 0 radical (unpaired) electrons. The van der Waals surface area contributed by atoms with Crippen molar-refractivity contribution in [2.24, 2.45) is 0 Å². The maximum Gasteiger partial charge on any atom is 0.244 e. The van der Waals surface area contributed by atoms with E-state index in [4.69, 9.17) is 9.26 Å². The van der Waals surface area contributed by atoms with Crippen molar-refractivity contribution in [3.05, 3.63) is 35.2 Å². The van der Waals surface area contributed by atoms with E-state index in [1.165, 1.54) is 0 Å². The minimum atomic E-state index is -0.0205. The van der Waals surface area contributed by atoms with E-state index in [2.05, 4.69) is 20.0 Å². The average Bonchev–Trinajstić information content (AvgIpc) is 3.09. The van der Waals surface area contributed by atoms with Crippen LogP contribution >= 0.6 is 0 Å². The molecule has 3 heterocycles. The van der Waals surface area contributed by atoms with Crippen molar-refractivity contribution in [1.29, 1.82) is 0 Å². The van der Waals surface area contributed by atoms with E-state index in [1.807, 2.05) is 6.92 Å². The number of nitrogens with zero attached hydrogens (tertiary/aromatic N) is 4. The predicted molar refractivity (Wildman–Crippen MR) is 78.2 cm³/mol. The molecule has 1 saturated heterocycles. The van der Waals surface area contributed by atoms with Crippen LogP contribution in [0.4, 0.5) is 0 Å². The number of aryl methyl sites for hydroxylation is 2. The number of hydrogen-bond donors (Lipinski definition) is 1. The molecule has 0 aromatic carbocycles. The maximum atomic E-state index is 10.0. The molecule has 2 atom stereocenters. The number of pyridine rings is 1. The Labute approximate surface area is 128 Å². The summed E-state index contributed by atoms with van der Waals surface area (Å²) in [6.07, 6.45) is 0.884. The molecular weight excluding hydrogens is 284 g/mol. The fourth-order valence-electron chi connectivity index (χ4n) is 2.82. The largest absolute Gasteiger partial charge is 0.506 e. The molecule has 1 aliphatic rings. The number of aromatic nitrogens is 3. The Hall–Kier alpha value is -1.99. The van der Waals surface area contributed by atoms with Gasteiger partial charge in [0, 0.05) is 25.9 Å². The molecule has 0 spiro atoms. The first-order chi connectivity index (χ1) is 10.6. The zero-order chi connectivity index (χ0) is 15.7. The van der Waals surface area contributed by atoms with Crippen molar-refractivity contribution in [3.63, 3.8) is 0 Å². The topological polar surface area (TPSA) is 84.5 Å². The Kier molecular flexibility index (Phi) is 4.08. The summed E-state index contributed by atoms with van der Waals surface area (Å²) in [5.41, 5.74) is 1.53. The molecule has 1 N–H and O–H groups in total. The SMILES string of the molecule is CO[C@@H]1C[C@H](c2nc(C)no2)N(Cc2nc(C)ccc2O)C1. The summed E-state index contributed by atoms with van der Waals surface area (Å²) >= 11 is 0.